The zero-order valence-corrected chi connectivity index (χ0v) is 13.2. The molecular formula is C14H15FN2O3S2. The Bertz CT molecular complexity index is 713. The lowest BCUT2D eigenvalue weighted by Gasteiger charge is -2.07. The van der Waals surface area contributed by atoms with Crippen LogP contribution in [0.25, 0.3) is 0 Å². The molecule has 0 saturated carbocycles. The molecule has 0 unspecified atom stereocenters. The highest BCUT2D eigenvalue weighted by molar-refractivity contribution is 7.89. The third kappa shape index (κ3) is 4.90. The van der Waals surface area contributed by atoms with E-state index < -0.39 is 15.8 Å². The molecule has 1 aromatic heterocycles. The van der Waals surface area contributed by atoms with Gasteiger partial charge in [0.1, 0.15) is 5.82 Å². The Morgan fingerprint density at radius 1 is 1.18 bits per heavy atom. The third-order valence-corrected chi connectivity index (χ3v) is 5.16. The van der Waals surface area contributed by atoms with Crippen LogP contribution in [0, 0.1) is 5.82 Å². The Balaban J connectivity index is 1.77. The summed E-state index contributed by atoms with van der Waals surface area (Å²) in [4.78, 5) is 12.6. The molecule has 0 aliphatic carbocycles. The van der Waals surface area contributed by atoms with Crippen molar-refractivity contribution >= 4 is 27.3 Å². The van der Waals surface area contributed by atoms with Crippen molar-refractivity contribution in [3.63, 3.8) is 0 Å². The lowest BCUT2D eigenvalue weighted by molar-refractivity contribution is -0.121. The first kappa shape index (κ1) is 16.6. The highest BCUT2D eigenvalue weighted by atomic mass is 32.2. The molecule has 2 N–H and O–H groups in total. The van der Waals surface area contributed by atoms with Gasteiger partial charge in [0.25, 0.3) is 0 Å². The average Bonchev–Trinajstić information content (AvgIpc) is 2.99. The van der Waals surface area contributed by atoms with E-state index in [-0.39, 0.29) is 23.8 Å². The quantitative estimate of drug-likeness (QED) is 0.807. The summed E-state index contributed by atoms with van der Waals surface area (Å²) in [5.41, 5.74) is 0. The minimum Gasteiger partial charge on any atom is -0.351 e. The SMILES string of the molecule is O=C(CCNS(=O)(=O)c1ccc(F)cc1)NCc1cccs1. The van der Waals surface area contributed by atoms with Gasteiger partial charge in [-0.05, 0) is 35.7 Å². The van der Waals surface area contributed by atoms with Gasteiger partial charge in [0.2, 0.25) is 15.9 Å². The minimum absolute atomic E-state index is 0.0179. The molecule has 22 heavy (non-hydrogen) atoms. The van der Waals surface area contributed by atoms with Crippen molar-refractivity contribution in [3.8, 4) is 0 Å². The van der Waals surface area contributed by atoms with Crippen LogP contribution in [0.2, 0.25) is 0 Å². The minimum atomic E-state index is -3.73. The molecule has 5 nitrogen and oxygen atoms in total. The maximum atomic E-state index is 12.8. The topological polar surface area (TPSA) is 75.3 Å². The van der Waals surface area contributed by atoms with E-state index in [1.54, 1.807) is 0 Å². The molecular weight excluding hydrogens is 327 g/mol. The second kappa shape index (κ2) is 7.48. The number of nitrogens with one attached hydrogen (secondary N) is 2. The number of halogens is 1. The van der Waals surface area contributed by atoms with Crippen molar-refractivity contribution in [2.24, 2.45) is 0 Å². The van der Waals surface area contributed by atoms with Crippen molar-refractivity contribution in [3.05, 3.63) is 52.5 Å². The van der Waals surface area contributed by atoms with E-state index >= 15 is 0 Å². The van der Waals surface area contributed by atoms with Crippen LogP contribution in [0.3, 0.4) is 0 Å². The number of thiophene rings is 1. The van der Waals surface area contributed by atoms with E-state index in [0.717, 1.165) is 17.0 Å². The first-order chi connectivity index (χ1) is 10.5. The van der Waals surface area contributed by atoms with E-state index in [1.165, 1.54) is 23.5 Å². The van der Waals surface area contributed by atoms with Gasteiger partial charge in [-0.3, -0.25) is 4.79 Å². The molecule has 0 aliphatic heterocycles. The summed E-state index contributed by atoms with van der Waals surface area (Å²) in [7, 11) is -3.73. The summed E-state index contributed by atoms with van der Waals surface area (Å²) in [5, 5.41) is 4.62. The van der Waals surface area contributed by atoms with E-state index in [2.05, 4.69) is 10.0 Å². The maximum Gasteiger partial charge on any atom is 0.240 e. The summed E-state index contributed by atoms with van der Waals surface area (Å²) in [6.07, 6.45) is 0.0335. The zero-order valence-electron chi connectivity index (χ0n) is 11.6. The monoisotopic (exact) mass is 342 g/mol. The second-order valence-electron chi connectivity index (χ2n) is 4.46. The lowest BCUT2D eigenvalue weighted by atomic mass is 10.4. The van der Waals surface area contributed by atoms with Crippen LogP contribution in [0.5, 0.6) is 0 Å². The molecule has 1 heterocycles. The summed E-state index contributed by atoms with van der Waals surface area (Å²) in [5.74, 6) is -0.748. The van der Waals surface area contributed by atoms with Crippen molar-refractivity contribution in [1.29, 1.82) is 0 Å². The zero-order chi connectivity index (χ0) is 16.0. The molecule has 8 heteroatoms. The first-order valence-corrected chi connectivity index (χ1v) is 8.88. The van der Waals surface area contributed by atoms with Crippen LogP contribution < -0.4 is 10.0 Å². The van der Waals surface area contributed by atoms with Crippen LogP contribution in [0.15, 0.2) is 46.7 Å². The van der Waals surface area contributed by atoms with Crippen molar-refractivity contribution in [2.45, 2.75) is 17.9 Å². The Labute approximate surface area is 132 Å². The lowest BCUT2D eigenvalue weighted by Crippen LogP contribution is -2.30. The molecule has 2 aromatic rings. The fraction of sp³-hybridized carbons (Fsp3) is 0.214. The van der Waals surface area contributed by atoms with E-state index in [0.29, 0.717) is 6.54 Å². The number of carbonyl (C=O) groups excluding carboxylic acids is 1. The number of hydrogen-bond acceptors (Lipinski definition) is 4. The number of rotatable bonds is 7. The average molecular weight is 342 g/mol. The molecule has 0 atom stereocenters. The van der Waals surface area contributed by atoms with Gasteiger partial charge in [-0.15, -0.1) is 11.3 Å². The third-order valence-electron chi connectivity index (χ3n) is 2.81. The molecule has 0 saturated heterocycles. The summed E-state index contributed by atoms with van der Waals surface area (Å²) in [6.45, 7) is 0.414. The molecule has 0 aliphatic rings. The highest BCUT2D eigenvalue weighted by Crippen LogP contribution is 2.09. The second-order valence-corrected chi connectivity index (χ2v) is 7.26. The predicted octanol–water partition coefficient (Wildman–Crippen LogP) is 1.87. The van der Waals surface area contributed by atoms with Gasteiger partial charge in [-0.2, -0.15) is 0 Å². The van der Waals surface area contributed by atoms with Crippen LogP contribution in [0.1, 0.15) is 11.3 Å². The molecule has 0 spiro atoms. The molecule has 118 valence electrons. The van der Waals surface area contributed by atoms with Gasteiger partial charge < -0.3 is 5.32 Å². The Hall–Kier alpha value is -1.77. The molecule has 1 amide bonds. The van der Waals surface area contributed by atoms with Gasteiger partial charge in [0.05, 0.1) is 11.4 Å². The number of benzene rings is 1. The van der Waals surface area contributed by atoms with Crippen LogP contribution in [0.4, 0.5) is 4.39 Å². The summed E-state index contributed by atoms with van der Waals surface area (Å²) in [6, 6.07) is 8.29. The first-order valence-electron chi connectivity index (χ1n) is 6.52. The number of amides is 1. The van der Waals surface area contributed by atoms with E-state index in [4.69, 9.17) is 0 Å². The fourth-order valence-electron chi connectivity index (χ4n) is 1.68. The number of hydrogen-bond donors (Lipinski definition) is 2. The standard InChI is InChI=1S/C14H15FN2O3S2/c15-11-3-5-13(6-4-11)22(19,20)17-8-7-14(18)16-10-12-2-1-9-21-12/h1-6,9,17H,7-8,10H2,(H,16,18). The Morgan fingerprint density at radius 2 is 1.91 bits per heavy atom. The maximum absolute atomic E-state index is 12.8. The Kier molecular flexibility index (Phi) is 5.64. The molecule has 0 fully saturated rings. The smallest absolute Gasteiger partial charge is 0.240 e. The predicted molar refractivity (Wildman–Crippen MR) is 82.4 cm³/mol. The number of carbonyl (C=O) groups is 1. The molecule has 0 bridgehead atoms. The van der Waals surface area contributed by atoms with E-state index in [1.807, 2.05) is 17.5 Å². The van der Waals surface area contributed by atoms with Gasteiger partial charge >= 0.3 is 0 Å². The molecule has 0 radical (unpaired) electrons. The van der Waals surface area contributed by atoms with Gasteiger partial charge in [-0.1, -0.05) is 6.07 Å². The van der Waals surface area contributed by atoms with Crippen LogP contribution in [-0.2, 0) is 21.4 Å². The Morgan fingerprint density at radius 3 is 2.55 bits per heavy atom. The van der Waals surface area contributed by atoms with Crippen LogP contribution in [-0.4, -0.2) is 20.9 Å². The molecule has 1 aromatic carbocycles. The van der Waals surface area contributed by atoms with Crippen molar-refractivity contribution in [2.75, 3.05) is 6.54 Å². The van der Waals surface area contributed by atoms with Crippen LogP contribution >= 0.6 is 11.3 Å². The summed E-state index contributed by atoms with van der Waals surface area (Å²) >= 11 is 1.53. The largest absolute Gasteiger partial charge is 0.351 e. The van der Waals surface area contributed by atoms with Gasteiger partial charge in [0, 0.05) is 17.8 Å². The van der Waals surface area contributed by atoms with Gasteiger partial charge in [-0.25, -0.2) is 17.5 Å². The van der Waals surface area contributed by atoms with E-state index in [9.17, 15) is 17.6 Å². The number of sulfonamides is 1. The van der Waals surface area contributed by atoms with Crippen molar-refractivity contribution < 1.29 is 17.6 Å². The molecule has 2 rings (SSSR count). The fourth-order valence-corrected chi connectivity index (χ4v) is 3.36. The normalized spacial score (nSPS) is 11.3. The van der Waals surface area contributed by atoms with Crippen molar-refractivity contribution in [1.82, 2.24) is 10.0 Å². The van der Waals surface area contributed by atoms with Gasteiger partial charge in [0.15, 0.2) is 0 Å². The summed E-state index contributed by atoms with van der Waals surface area (Å²) < 4.78 is 38.9. The highest BCUT2D eigenvalue weighted by Gasteiger charge is 2.14.